The first-order chi connectivity index (χ1) is 14.0. The topological polar surface area (TPSA) is 89.0 Å². The number of carbonyl (C=O) groups is 2. The van der Waals surface area contributed by atoms with Gasteiger partial charge in [0.2, 0.25) is 0 Å². The van der Waals surface area contributed by atoms with Crippen LogP contribution in [0, 0.1) is 6.92 Å². The molecule has 2 aromatic heterocycles. The van der Waals surface area contributed by atoms with Crippen molar-refractivity contribution < 1.29 is 14.3 Å². The minimum absolute atomic E-state index is 0.106. The summed E-state index contributed by atoms with van der Waals surface area (Å²) in [5.74, 6) is 1.31. The number of carbonyl (C=O) groups excluding carboxylic acids is 2. The summed E-state index contributed by atoms with van der Waals surface area (Å²) >= 11 is 0. The van der Waals surface area contributed by atoms with Gasteiger partial charge in [-0.05, 0) is 43.0 Å². The maximum atomic E-state index is 13.2. The van der Waals surface area contributed by atoms with E-state index in [4.69, 9.17) is 4.74 Å². The monoisotopic (exact) mass is 392 g/mol. The Labute approximate surface area is 169 Å². The largest absolute Gasteiger partial charge is 0.497 e. The Morgan fingerprint density at radius 2 is 2.03 bits per heavy atom. The zero-order chi connectivity index (χ0) is 20.5. The van der Waals surface area contributed by atoms with Crippen LogP contribution >= 0.6 is 0 Å². The molecule has 29 heavy (non-hydrogen) atoms. The molecule has 1 aliphatic carbocycles. The lowest BCUT2D eigenvalue weighted by molar-refractivity contribution is 0.0935. The van der Waals surface area contributed by atoms with Gasteiger partial charge in [0, 0.05) is 37.1 Å². The molecule has 1 unspecified atom stereocenters. The number of aromatic nitrogens is 3. The molecular weight excluding hydrogens is 368 g/mol. The van der Waals surface area contributed by atoms with E-state index in [1.54, 1.807) is 13.3 Å². The predicted octanol–water partition coefficient (Wildman–Crippen LogP) is 3.10. The van der Waals surface area contributed by atoms with Crippen LogP contribution in [0.5, 0.6) is 5.75 Å². The number of Topliss-reactive ketones (excluding diaryl/α,β-unsaturated/α-hetero) is 1. The van der Waals surface area contributed by atoms with Gasteiger partial charge in [0.15, 0.2) is 5.78 Å². The Balaban J connectivity index is 1.69. The minimum Gasteiger partial charge on any atom is -0.497 e. The minimum atomic E-state index is -0.441. The first-order valence-electron chi connectivity index (χ1n) is 9.66. The first kappa shape index (κ1) is 19.0. The average Bonchev–Trinajstić information content (AvgIpc) is 3.30. The number of aryl methyl sites for hydroxylation is 2. The van der Waals surface area contributed by atoms with Crippen molar-refractivity contribution in [2.24, 2.45) is 7.05 Å². The summed E-state index contributed by atoms with van der Waals surface area (Å²) in [5.41, 5.74) is 3.59. The molecule has 4 rings (SSSR count). The lowest BCUT2D eigenvalue weighted by atomic mass is 9.93. The molecule has 1 aromatic carbocycles. The fraction of sp³-hybridized carbons (Fsp3) is 0.318. The Morgan fingerprint density at radius 1 is 1.28 bits per heavy atom. The van der Waals surface area contributed by atoms with Crippen LogP contribution < -0.4 is 10.1 Å². The number of methoxy groups -OCH3 is 1. The van der Waals surface area contributed by atoms with Crippen LogP contribution in [0.25, 0.3) is 0 Å². The van der Waals surface area contributed by atoms with E-state index in [0.29, 0.717) is 23.5 Å². The molecule has 7 heteroatoms. The van der Waals surface area contributed by atoms with Gasteiger partial charge >= 0.3 is 0 Å². The molecule has 0 spiro atoms. The maximum Gasteiger partial charge on any atom is 0.268 e. The molecule has 0 fully saturated rings. The van der Waals surface area contributed by atoms with Gasteiger partial charge in [-0.1, -0.05) is 12.1 Å². The number of fused-ring (bicyclic) bond motifs is 1. The van der Waals surface area contributed by atoms with Gasteiger partial charge in [0.25, 0.3) is 5.91 Å². The second-order valence-corrected chi connectivity index (χ2v) is 7.33. The summed E-state index contributed by atoms with van der Waals surface area (Å²) in [7, 11) is 3.51. The van der Waals surface area contributed by atoms with Crippen LogP contribution in [0.15, 0.2) is 36.7 Å². The molecule has 1 atom stereocenters. The Bertz CT molecular complexity index is 1060. The van der Waals surface area contributed by atoms with Crippen molar-refractivity contribution in [2.45, 2.75) is 32.2 Å². The standard InChI is InChI=1S/C22H24N4O3/c1-13-18-16(5-4-6-17(18)27)24-19(13)22(28)25-20(21-23-11-12-26(21)2)14-7-9-15(29-3)10-8-14/h7-12,20,24H,4-6H2,1-3H3,(H,25,28). The van der Waals surface area contributed by atoms with Gasteiger partial charge in [-0.25, -0.2) is 4.98 Å². The van der Waals surface area contributed by atoms with Crippen LogP contribution in [0.3, 0.4) is 0 Å². The van der Waals surface area contributed by atoms with Gasteiger partial charge in [-0.2, -0.15) is 0 Å². The Hall–Kier alpha value is -3.35. The molecule has 0 saturated carbocycles. The third kappa shape index (κ3) is 3.44. The number of nitrogens with zero attached hydrogens (tertiary/aromatic N) is 2. The quantitative estimate of drug-likeness (QED) is 0.698. The highest BCUT2D eigenvalue weighted by molar-refractivity contribution is 6.04. The molecule has 7 nitrogen and oxygen atoms in total. The smallest absolute Gasteiger partial charge is 0.268 e. The molecule has 0 radical (unpaired) electrons. The highest BCUT2D eigenvalue weighted by Gasteiger charge is 2.28. The van der Waals surface area contributed by atoms with E-state index in [0.717, 1.165) is 35.4 Å². The average molecular weight is 392 g/mol. The van der Waals surface area contributed by atoms with Gasteiger partial charge in [-0.3, -0.25) is 9.59 Å². The van der Waals surface area contributed by atoms with Gasteiger partial charge in [0.05, 0.1) is 7.11 Å². The summed E-state index contributed by atoms with van der Waals surface area (Å²) in [6, 6.07) is 7.09. The van der Waals surface area contributed by atoms with E-state index in [2.05, 4.69) is 15.3 Å². The number of amides is 1. The fourth-order valence-electron chi connectivity index (χ4n) is 3.95. The zero-order valence-electron chi connectivity index (χ0n) is 16.8. The van der Waals surface area contributed by atoms with Crippen molar-refractivity contribution in [3.8, 4) is 5.75 Å². The third-order valence-electron chi connectivity index (χ3n) is 5.51. The molecule has 0 aliphatic heterocycles. The number of rotatable bonds is 5. The number of aromatic amines is 1. The molecule has 3 aromatic rings. The van der Waals surface area contributed by atoms with Gasteiger partial charge < -0.3 is 19.6 Å². The van der Waals surface area contributed by atoms with Crippen molar-refractivity contribution in [1.82, 2.24) is 19.9 Å². The summed E-state index contributed by atoms with van der Waals surface area (Å²) in [4.78, 5) is 33.1. The van der Waals surface area contributed by atoms with Crippen LogP contribution in [-0.4, -0.2) is 33.3 Å². The number of H-pyrrole nitrogens is 1. The first-order valence-corrected chi connectivity index (χ1v) is 9.66. The summed E-state index contributed by atoms with van der Waals surface area (Å²) < 4.78 is 7.12. The van der Waals surface area contributed by atoms with E-state index in [1.165, 1.54) is 0 Å². The number of nitrogens with one attached hydrogen (secondary N) is 2. The van der Waals surface area contributed by atoms with Crippen LogP contribution in [-0.2, 0) is 13.5 Å². The SMILES string of the molecule is COc1ccc(C(NC(=O)c2[nH]c3c(c2C)C(=O)CCC3)c2nccn2C)cc1. The second kappa shape index (κ2) is 7.58. The van der Waals surface area contributed by atoms with Crippen molar-refractivity contribution in [1.29, 1.82) is 0 Å². The second-order valence-electron chi connectivity index (χ2n) is 7.33. The molecule has 2 N–H and O–H groups in total. The van der Waals surface area contributed by atoms with Crippen molar-refractivity contribution in [3.05, 3.63) is 70.6 Å². The van der Waals surface area contributed by atoms with Crippen LogP contribution in [0.2, 0.25) is 0 Å². The number of ketones is 1. The van der Waals surface area contributed by atoms with E-state index in [1.807, 2.05) is 49.0 Å². The van der Waals surface area contributed by atoms with Crippen molar-refractivity contribution >= 4 is 11.7 Å². The number of hydrogen-bond donors (Lipinski definition) is 2. The number of imidazole rings is 1. The summed E-state index contributed by atoms with van der Waals surface area (Å²) in [6.07, 6.45) is 5.68. The van der Waals surface area contributed by atoms with E-state index < -0.39 is 6.04 Å². The molecule has 0 bridgehead atoms. The van der Waals surface area contributed by atoms with Crippen LogP contribution in [0.1, 0.15) is 62.4 Å². The van der Waals surface area contributed by atoms with E-state index in [9.17, 15) is 9.59 Å². The fourth-order valence-corrected chi connectivity index (χ4v) is 3.95. The third-order valence-corrected chi connectivity index (χ3v) is 5.51. The van der Waals surface area contributed by atoms with Gasteiger partial charge in [0.1, 0.15) is 23.3 Å². The van der Waals surface area contributed by atoms with Crippen molar-refractivity contribution in [3.63, 3.8) is 0 Å². The summed E-state index contributed by atoms with van der Waals surface area (Å²) in [6.45, 7) is 1.83. The highest BCUT2D eigenvalue weighted by Crippen LogP contribution is 2.28. The number of benzene rings is 1. The molecule has 150 valence electrons. The Kier molecular flexibility index (Phi) is 4.96. The molecular formula is C22H24N4O3. The molecule has 1 aliphatic rings. The summed E-state index contributed by atoms with van der Waals surface area (Å²) in [5, 5.41) is 3.09. The lowest BCUT2D eigenvalue weighted by Crippen LogP contribution is -2.31. The predicted molar refractivity (Wildman–Crippen MR) is 108 cm³/mol. The molecule has 0 saturated heterocycles. The Morgan fingerprint density at radius 3 is 2.66 bits per heavy atom. The van der Waals surface area contributed by atoms with Crippen molar-refractivity contribution in [2.75, 3.05) is 7.11 Å². The highest BCUT2D eigenvalue weighted by atomic mass is 16.5. The van der Waals surface area contributed by atoms with Gasteiger partial charge in [-0.15, -0.1) is 0 Å². The molecule has 2 heterocycles. The lowest BCUT2D eigenvalue weighted by Gasteiger charge is -2.19. The molecule has 1 amide bonds. The zero-order valence-corrected chi connectivity index (χ0v) is 16.8. The van der Waals surface area contributed by atoms with E-state index in [-0.39, 0.29) is 11.7 Å². The van der Waals surface area contributed by atoms with E-state index >= 15 is 0 Å². The normalized spacial score (nSPS) is 14.4. The maximum absolute atomic E-state index is 13.2. The number of hydrogen-bond acceptors (Lipinski definition) is 4. The van der Waals surface area contributed by atoms with Crippen LogP contribution in [0.4, 0.5) is 0 Å². The number of ether oxygens (including phenoxy) is 1.